The van der Waals surface area contributed by atoms with Gasteiger partial charge in [0.25, 0.3) is 0 Å². The molecule has 2 unspecified atom stereocenters. The second-order valence-corrected chi connectivity index (χ2v) is 7.75. The maximum atomic E-state index is 5.88. The first kappa shape index (κ1) is 19.8. The first-order chi connectivity index (χ1) is 13.1. The Hall–Kier alpha value is -1.99. The summed E-state index contributed by atoms with van der Waals surface area (Å²) in [6.45, 7) is 3.69. The van der Waals surface area contributed by atoms with Crippen LogP contribution in [0.25, 0.3) is 0 Å². The van der Waals surface area contributed by atoms with Crippen molar-refractivity contribution in [1.29, 1.82) is 0 Å². The van der Waals surface area contributed by atoms with Crippen LogP contribution in [0.5, 0.6) is 11.5 Å². The SMILES string of the molecule is CN(C)CCNC(=NCC1CCCC(CN)C1)Nc1ccc2c(c1)OCO2. The van der Waals surface area contributed by atoms with E-state index in [9.17, 15) is 0 Å². The second kappa shape index (κ2) is 9.80. The Bertz CT molecular complexity index is 635. The van der Waals surface area contributed by atoms with E-state index in [-0.39, 0.29) is 6.79 Å². The van der Waals surface area contributed by atoms with Crippen LogP contribution in [0, 0.1) is 11.8 Å². The Balaban J connectivity index is 1.62. The molecule has 1 aromatic rings. The third-order valence-corrected chi connectivity index (χ3v) is 5.22. The normalized spacial score (nSPS) is 22.1. The quantitative estimate of drug-likeness (QED) is 0.500. The number of hydrogen-bond acceptors (Lipinski definition) is 5. The molecule has 0 saturated heterocycles. The number of likely N-dealkylation sites (N-methyl/N-ethyl adjacent to an activating group) is 1. The highest BCUT2D eigenvalue weighted by Gasteiger charge is 2.21. The average Bonchev–Trinajstić information content (AvgIpc) is 3.13. The number of anilines is 1. The predicted octanol–water partition coefficient (Wildman–Crippen LogP) is 2.10. The van der Waals surface area contributed by atoms with E-state index in [4.69, 9.17) is 20.2 Å². The number of aliphatic imine (C=N–C) groups is 1. The van der Waals surface area contributed by atoms with Crippen molar-refractivity contribution in [2.45, 2.75) is 25.7 Å². The molecule has 4 N–H and O–H groups in total. The van der Waals surface area contributed by atoms with E-state index in [2.05, 4.69) is 29.6 Å². The molecule has 27 heavy (non-hydrogen) atoms. The molecule has 1 aromatic carbocycles. The first-order valence-electron chi connectivity index (χ1n) is 9.94. The monoisotopic (exact) mass is 375 g/mol. The molecular formula is C20H33N5O2. The Morgan fingerprint density at radius 2 is 2.04 bits per heavy atom. The molecule has 1 fully saturated rings. The van der Waals surface area contributed by atoms with Crippen LogP contribution in [0.1, 0.15) is 25.7 Å². The molecule has 150 valence electrons. The van der Waals surface area contributed by atoms with E-state index in [1.54, 1.807) is 0 Å². The highest BCUT2D eigenvalue weighted by Crippen LogP contribution is 2.34. The topological polar surface area (TPSA) is 84.1 Å². The van der Waals surface area contributed by atoms with Crippen LogP contribution in [-0.2, 0) is 0 Å². The van der Waals surface area contributed by atoms with Crippen molar-refractivity contribution in [2.24, 2.45) is 22.6 Å². The first-order valence-corrected chi connectivity index (χ1v) is 9.94. The van der Waals surface area contributed by atoms with Gasteiger partial charge in [-0.2, -0.15) is 0 Å². The van der Waals surface area contributed by atoms with Crippen LogP contribution in [0.15, 0.2) is 23.2 Å². The third-order valence-electron chi connectivity index (χ3n) is 5.22. The number of benzene rings is 1. The molecule has 2 aliphatic rings. The van der Waals surface area contributed by atoms with Gasteiger partial charge < -0.3 is 30.7 Å². The number of hydrogen-bond donors (Lipinski definition) is 3. The van der Waals surface area contributed by atoms with E-state index >= 15 is 0 Å². The molecule has 0 spiro atoms. The van der Waals surface area contributed by atoms with Gasteiger partial charge in [0.05, 0.1) is 0 Å². The van der Waals surface area contributed by atoms with Crippen LogP contribution < -0.4 is 25.8 Å². The molecule has 1 aliphatic carbocycles. The lowest BCUT2D eigenvalue weighted by atomic mass is 9.81. The fourth-order valence-electron chi connectivity index (χ4n) is 3.65. The molecule has 0 radical (unpaired) electrons. The van der Waals surface area contributed by atoms with Crippen molar-refractivity contribution in [2.75, 3.05) is 52.4 Å². The summed E-state index contributed by atoms with van der Waals surface area (Å²) >= 11 is 0. The van der Waals surface area contributed by atoms with Crippen LogP contribution in [0.2, 0.25) is 0 Å². The summed E-state index contributed by atoms with van der Waals surface area (Å²) < 4.78 is 10.9. The lowest BCUT2D eigenvalue weighted by molar-refractivity contribution is 0.174. The van der Waals surface area contributed by atoms with Crippen LogP contribution in [0.3, 0.4) is 0 Å². The number of guanidine groups is 1. The van der Waals surface area contributed by atoms with E-state index in [1.165, 1.54) is 25.7 Å². The zero-order chi connectivity index (χ0) is 19.1. The maximum absolute atomic E-state index is 5.88. The molecule has 0 aromatic heterocycles. The molecule has 0 bridgehead atoms. The van der Waals surface area contributed by atoms with Gasteiger partial charge in [0, 0.05) is 31.4 Å². The number of ether oxygens (including phenoxy) is 2. The van der Waals surface area contributed by atoms with Crippen LogP contribution in [-0.4, -0.2) is 57.9 Å². The number of rotatable bonds is 7. The smallest absolute Gasteiger partial charge is 0.231 e. The van der Waals surface area contributed by atoms with Crippen LogP contribution in [0.4, 0.5) is 5.69 Å². The Morgan fingerprint density at radius 3 is 2.85 bits per heavy atom. The minimum Gasteiger partial charge on any atom is -0.454 e. The molecule has 0 amide bonds. The number of nitrogens with zero attached hydrogens (tertiary/aromatic N) is 2. The fraction of sp³-hybridized carbons (Fsp3) is 0.650. The fourth-order valence-corrected chi connectivity index (χ4v) is 3.65. The standard InChI is InChI=1S/C20H33N5O2/c1-25(2)9-8-22-20(23-13-16-5-3-4-15(10-16)12-21)24-17-6-7-18-19(11-17)27-14-26-18/h6-7,11,15-16H,3-5,8-10,12-14,21H2,1-2H3,(H2,22,23,24). The molecule has 7 nitrogen and oxygen atoms in total. The van der Waals surface area contributed by atoms with Crippen molar-refractivity contribution in [3.63, 3.8) is 0 Å². The Kier molecular flexibility index (Phi) is 7.18. The molecule has 1 saturated carbocycles. The third kappa shape index (κ3) is 6.01. The van der Waals surface area contributed by atoms with Crippen LogP contribution >= 0.6 is 0 Å². The van der Waals surface area contributed by atoms with E-state index in [1.807, 2.05) is 18.2 Å². The molecule has 2 atom stereocenters. The predicted molar refractivity (Wildman–Crippen MR) is 110 cm³/mol. The summed E-state index contributed by atoms with van der Waals surface area (Å²) in [5.41, 5.74) is 6.82. The molecule has 1 heterocycles. The highest BCUT2D eigenvalue weighted by atomic mass is 16.7. The van der Waals surface area contributed by atoms with Gasteiger partial charge in [-0.25, -0.2) is 0 Å². The van der Waals surface area contributed by atoms with Gasteiger partial charge in [-0.05, 0) is 63.9 Å². The summed E-state index contributed by atoms with van der Waals surface area (Å²) in [6, 6.07) is 5.87. The zero-order valence-corrected chi connectivity index (χ0v) is 16.5. The van der Waals surface area contributed by atoms with Crippen molar-refractivity contribution >= 4 is 11.6 Å². The molecule has 7 heteroatoms. The van der Waals surface area contributed by atoms with Gasteiger partial charge in [0.1, 0.15) is 0 Å². The van der Waals surface area contributed by atoms with Gasteiger partial charge in [0.2, 0.25) is 6.79 Å². The van der Waals surface area contributed by atoms with Crippen molar-refractivity contribution < 1.29 is 9.47 Å². The van der Waals surface area contributed by atoms with Gasteiger partial charge >= 0.3 is 0 Å². The van der Waals surface area contributed by atoms with Gasteiger partial charge in [0.15, 0.2) is 17.5 Å². The summed E-state index contributed by atoms with van der Waals surface area (Å²) in [6.07, 6.45) is 4.96. The lowest BCUT2D eigenvalue weighted by Crippen LogP contribution is -2.36. The lowest BCUT2D eigenvalue weighted by Gasteiger charge is -2.27. The van der Waals surface area contributed by atoms with Crippen molar-refractivity contribution in [3.8, 4) is 11.5 Å². The molecule has 3 rings (SSSR count). The number of fused-ring (bicyclic) bond motifs is 1. The minimum atomic E-state index is 0.283. The largest absolute Gasteiger partial charge is 0.454 e. The molecular weight excluding hydrogens is 342 g/mol. The van der Waals surface area contributed by atoms with Gasteiger partial charge in [-0.1, -0.05) is 6.42 Å². The summed E-state index contributed by atoms with van der Waals surface area (Å²) in [5, 5.41) is 6.84. The second-order valence-electron chi connectivity index (χ2n) is 7.75. The minimum absolute atomic E-state index is 0.283. The molecule has 1 aliphatic heterocycles. The summed E-state index contributed by atoms with van der Waals surface area (Å²) in [4.78, 5) is 7.02. The summed E-state index contributed by atoms with van der Waals surface area (Å²) in [5.74, 6) is 3.65. The van der Waals surface area contributed by atoms with Crippen molar-refractivity contribution in [1.82, 2.24) is 10.2 Å². The zero-order valence-electron chi connectivity index (χ0n) is 16.5. The maximum Gasteiger partial charge on any atom is 0.231 e. The Labute approximate surface area is 162 Å². The highest BCUT2D eigenvalue weighted by molar-refractivity contribution is 5.94. The number of nitrogens with one attached hydrogen (secondary N) is 2. The van der Waals surface area contributed by atoms with Crippen molar-refractivity contribution in [3.05, 3.63) is 18.2 Å². The summed E-state index contributed by atoms with van der Waals surface area (Å²) in [7, 11) is 4.14. The van der Waals surface area contributed by atoms with E-state index in [0.29, 0.717) is 11.8 Å². The van der Waals surface area contributed by atoms with Gasteiger partial charge in [-0.3, -0.25) is 4.99 Å². The van der Waals surface area contributed by atoms with E-state index in [0.717, 1.165) is 49.3 Å². The number of nitrogens with two attached hydrogens (primary N) is 1. The average molecular weight is 376 g/mol. The van der Waals surface area contributed by atoms with Gasteiger partial charge in [-0.15, -0.1) is 0 Å². The van der Waals surface area contributed by atoms with E-state index < -0.39 is 0 Å². The Morgan fingerprint density at radius 1 is 1.22 bits per heavy atom.